The van der Waals surface area contributed by atoms with Gasteiger partial charge >= 0.3 is 6.09 Å². The van der Waals surface area contributed by atoms with Crippen molar-refractivity contribution in [3.63, 3.8) is 0 Å². The molecule has 8 nitrogen and oxygen atoms in total. The molecule has 0 fully saturated rings. The molecule has 10 heteroatoms. The number of ether oxygens (including phenoxy) is 1. The van der Waals surface area contributed by atoms with Gasteiger partial charge in [0.25, 0.3) is 0 Å². The van der Waals surface area contributed by atoms with E-state index >= 15 is 4.39 Å². The summed E-state index contributed by atoms with van der Waals surface area (Å²) >= 11 is 0. The van der Waals surface area contributed by atoms with Crippen molar-refractivity contribution in [2.24, 2.45) is 7.05 Å². The van der Waals surface area contributed by atoms with Crippen LogP contribution in [0.25, 0.3) is 28.0 Å². The van der Waals surface area contributed by atoms with Gasteiger partial charge in [0, 0.05) is 36.5 Å². The number of carbonyl (C=O) groups excluding carboxylic acids is 1. The van der Waals surface area contributed by atoms with Crippen LogP contribution >= 0.6 is 0 Å². The summed E-state index contributed by atoms with van der Waals surface area (Å²) < 4.78 is 38.2. The van der Waals surface area contributed by atoms with Crippen molar-refractivity contribution < 1.29 is 18.3 Å². The van der Waals surface area contributed by atoms with Crippen LogP contribution in [0.3, 0.4) is 0 Å². The molecule has 1 aromatic carbocycles. The highest BCUT2D eigenvalue weighted by Crippen LogP contribution is 2.30. The second kappa shape index (κ2) is 8.03. The summed E-state index contributed by atoms with van der Waals surface area (Å²) in [6.45, 7) is 4.92. The van der Waals surface area contributed by atoms with Gasteiger partial charge in [0.05, 0.1) is 35.5 Å². The SMILES string of the molecule is Cn1cc(-c2cn3nccc3c(-c3cc(F)c(CNC(=O)OC(C)(C)C)cc3F)n2)cn1. The van der Waals surface area contributed by atoms with Crippen molar-refractivity contribution in [1.29, 1.82) is 0 Å². The maximum absolute atomic E-state index is 15.1. The normalized spacial score (nSPS) is 11.7. The Morgan fingerprint density at radius 2 is 1.94 bits per heavy atom. The third-order valence-electron chi connectivity index (χ3n) is 4.60. The van der Waals surface area contributed by atoms with E-state index in [1.807, 2.05) is 0 Å². The second-order valence-corrected chi connectivity index (χ2v) is 8.32. The number of aromatic nitrogens is 5. The van der Waals surface area contributed by atoms with Crippen LogP contribution in [0.5, 0.6) is 0 Å². The quantitative estimate of drug-likeness (QED) is 0.516. The summed E-state index contributed by atoms with van der Waals surface area (Å²) in [4.78, 5) is 16.4. The molecule has 32 heavy (non-hydrogen) atoms. The van der Waals surface area contributed by atoms with E-state index in [2.05, 4.69) is 20.5 Å². The van der Waals surface area contributed by atoms with Gasteiger partial charge < -0.3 is 10.1 Å². The minimum Gasteiger partial charge on any atom is -0.444 e. The van der Waals surface area contributed by atoms with Crippen molar-refractivity contribution in [2.75, 3.05) is 0 Å². The zero-order valence-electron chi connectivity index (χ0n) is 18.1. The maximum Gasteiger partial charge on any atom is 0.407 e. The molecule has 1 amide bonds. The Morgan fingerprint density at radius 1 is 1.16 bits per heavy atom. The van der Waals surface area contributed by atoms with Gasteiger partial charge in [-0.25, -0.2) is 23.1 Å². The van der Waals surface area contributed by atoms with E-state index in [0.29, 0.717) is 16.8 Å². The lowest BCUT2D eigenvalue weighted by Crippen LogP contribution is -2.32. The number of rotatable bonds is 4. The van der Waals surface area contributed by atoms with Crippen LogP contribution in [0.1, 0.15) is 26.3 Å². The van der Waals surface area contributed by atoms with Gasteiger partial charge in [-0.05, 0) is 39.0 Å². The van der Waals surface area contributed by atoms with Crippen molar-refractivity contribution >= 4 is 11.6 Å². The Bertz CT molecular complexity index is 1310. The fourth-order valence-electron chi connectivity index (χ4n) is 3.20. The molecule has 0 saturated carbocycles. The molecule has 4 rings (SSSR count). The van der Waals surface area contributed by atoms with Crippen LogP contribution in [0, 0.1) is 11.6 Å². The number of aryl methyl sites for hydroxylation is 1. The number of fused-ring (bicyclic) bond motifs is 1. The van der Waals surface area contributed by atoms with E-state index in [1.165, 1.54) is 0 Å². The first-order valence-corrected chi connectivity index (χ1v) is 9.89. The monoisotopic (exact) mass is 440 g/mol. The molecule has 166 valence electrons. The average Bonchev–Trinajstić information content (AvgIpc) is 3.35. The van der Waals surface area contributed by atoms with Crippen molar-refractivity contribution in [3.8, 4) is 22.5 Å². The van der Waals surface area contributed by atoms with Gasteiger partial charge in [-0.15, -0.1) is 0 Å². The molecule has 0 aliphatic carbocycles. The molecule has 0 radical (unpaired) electrons. The van der Waals surface area contributed by atoms with Crippen molar-refractivity contribution in [1.82, 2.24) is 29.7 Å². The highest BCUT2D eigenvalue weighted by Gasteiger charge is 2.20. The number of hydrogen-bond donors (Lipinski definition) is 1. The lowest BCUT2D eigenvalue weighted by molar-refractivity contribution is 0.0523. The molecule has 4 aromatic rings. The lowest BCUT2D eigenvalue weighted by atomic mass is 10.1. The fraction of sp³-hybridized carbons (Fsp3) is 0.273. The molecule has 0 spiro atoms. The van der Waals surface area contributed by atoms with Crippen LogP contribution < -0.4 is 5.32 Å². The molecule has 1 N–H and O–H groups in total. The Kier molecular flexibility index (Phi) is 5.37. The van der Waals surface area contributed by atoms with Gasteiger partial charge in [-0.2, -0.15) is 10.2 Å². The van der Waals surface area contributed by atoms with Gasteiger partial charge in [0.2, 0.25) is 0 Å². The smallest absolute Gasteiger partial charge is 0.407 e. The minimum absolute atomic E-state index is 0.00921. The molecule has 0 aliphatic heterocycles. The van der Waals surface area contributed by atoms with E-state index in [-0.39, 0.29) is 23.4 Å². The Morgan fingerprint density at radius 3 is 2.62 bits per heavy atom. The van der Waals surface area contributed by atoms with Gasteiger partial charge in [-0.1, -0.05) is 0 Å². The topological polar surface area (TPSA) is 86.3 Å². The number of hydrogen-bond acceptors (Lipinski definition) is 5. The van der Waals surface area contributed by atoms with Crippen molar-refractivity contribution in [2.45, 2.75) is 32.9 Å². The van der Waals surface area contributed by atoms with E-state index < -0.39 is 23.3 Å². The molecule has 3 aromatic heterocycles. The Balaban J connectivity index is 1.69. The third-order valence-corrected chi connectivity index (χ3v) is 4.60. The van der Waals surface area contributed by atoms with Gasteiger partial charge in [0.15, 0.2) is 0 Å². The summed E-state index contributed by atoms with van der Waals surface area (Å²) in [5.41, 5.74) is 1.27. The van der Waals surface area contributed by atoms with Gasteiger partial charge in [0.1, 0.15) is 17.2 Å². The highest BCUT2D eigenvalue weighted by atomic mass is 19.1. The zero-order chi connectivity index (χ0) is 23.0. The van der Waals surface area contributed by atoms with E-state index in [9.17, 15) is 9.18 Å². The Hall–Kier alpha value is -3.82. The van der Waals surface area contributed by atoms with Crippen LogP contribution in [-0.4, -0.2) is 36.1 Å². The predicted molar refractivity (Wildman–Crippen MR) is 114 cm³/mol. The van der Waals surface area contributed by atoms with Crippen molar-refractivity contribution in [3.05, 3.63) is 60.2 Å². The first kappa shape index (κ1) is 21.4. The Labute approximate surface area is 182 Å². The number of alkyl carbamates (subject to hydrolysis) is 1. The summed E-state index contributed by atoms with van der Waals surface area (Å²) in [7, 11) is 1.77. The number of amides is 1. The minimum atomic E-state index is -0.715. The first-order chi connectivity index (χ1) is 15.1. The molecule has 0 aliphatic rings. The molecular weight excluding hydrogens is 418 g/mol. The molecule has 3 heterocycles. The molecule has 0 atom stereocenters. The highest BCUT2D eigenvalue weighted by molar-refractivity contribution is 5.79. The van der Waals surface area contributed by atoms with Crippen LogP contribution in [0.4, 0.5) is 13.6 Å². The zero-order valence-corrected chi connectivity index (χ0v) is 18.1. The first-order valence-electron chi connectivity index (χ1n) is 9.89. The number of carbonyl (C=O) groups is 1. The average molecular weight is 440 g/mol. The fourth-order valence-corrected chi connectivity index (χ4v) is 3.20. The van der Waals surface area contributed by atoms with E-state index in [0.717, 1.165) is 12.1 Å². The summed E-state index contributed by atoms with van der Waals surface area (Å²) in [6.07, 6.45) is 5.94. The predicted octanol–water partition coefficient (Wildman–Crippen LogP) is 4.10. The van der Waals surface area contributed by atoms with Crippen LogP contribution in [-0.2, 0) is 18.3 Å². The molecule has 0 bridgehead atoms. The summed E-state index contributed by atoms with van der Waals surface area (Å²) in [5.74, 6) is -1.35. The van der Waals surface area contributed by atoms with E-state index in [4.69, 9.17) is 4.74 Å². The van der Waals surface area contributed by atoms with Crippen LogP contribution in [0.2, 0.25) is 0 Å². The second-order valence-electron chi connectivity index (χ2n) is 8.32. The maximum atomic E-state index is 15.1. The summed E-state index contributed by atoms with van der Waals surface area (Å²) in [5, 5.41) is 10.8. The third kappa shape index (κ3) is 4.43. The number of nitrogens with one attached hydrogen (secondary N) is 1. The molecule has 0 saturated heterocycles. The molecular formula is C22H22F2N6O2. The standard InChI is InChI=1S/C22H22F2N6O2/c1-22(2,3)32-21(31)25-9-13-7-17(24)15(8-16(13)23)20-19-5-6-26-30(19)12-18(28-20)14-10-27-29(4)11-14/h5-8,10-12H,9H2,1-4H3,(H,25,31). The summed E-state index contributed by atoms with van der Waals surface area (Å²) in [6, 6.07) is 3.79. The lowest BCUT2D eigenvalue weighted by Gasteiger charge is -2.19. The number of benzene rings is 1. The molecule has 0 unspecified atom stereocenters. The largest absolute Gasteiger partial charge is 0.444 e. The van der Waals surface area contributed by atoms with Crippen LogP contribution in [0.15, 0.2) is 43.0 Å². The van der Waals surface area contributed by atoms with Gasteiger partial charge in [-0.3, -0.25) is 4.68 Å². The number of halogens is 2. The van der Waals surface area contributed by atoms with E-state index in [1.54, 1.807) is 67.9 Å². The number of nitrogens with zero attached hydrogens (tertiary/aromatic N) is 5.